The minimum atomic E-state index is -0.818. The fourth-order valence-electron chi connectivity index (χ4n) is 2.59. The van der Waals surface area contributed by atoms with Crippen molar-refractivity contribution >= 4 is 5.97 Å². The van der Waals surface area contributed by atoms with E-state index in [1.165, 1.54) is 0 Å². The number of rotatable bonds is 6. The Balaban J connectivity index is 1.96. The molecule has 1 aliphatic rings. The van der Waals surface area contributed by atoms with Crippen molar-refractivity contribution in [3.63, 3.8) is 0 Å². The second kappa shape index (κ2) is 6.68. The average molecular weight is 263 g/mol. The lowest BCUT2D eigenvalue weighted by molar-refractivity contribution is 0.0694. The van der Waals surface area contributed by atoms with Gasteiger partial charge in [0.2, 0.25) is 0 Å². The lowest BCUT2D eigenvalue weighted by Crippen LogP contribution is -2.32. The molecule has 0 amide bonds. The number of hydrogen-bond acceptors (Lipinski definition) is 3. The van der Waals surface area contributed by atoms with Gasteiger partial charge in [0.15, 0.2) is 0 Å². The highest BCUT2D eigenvalue weighted by Crippen LogP contribution is 2.22. The highest BCUT2D eigenvalue weighted by Gasteiger charge is 2.20. The van der Waals surface area contributed by atoms with Crippen LogP contribution in [0.25, 0.3) is 0 Å². The first-order valence-electron chi connectivity index (χ1n) is 6.86. The van der Waals surface area contributed by atoms with Crippen molar-refractivity contribution in [3.8, 4) is 0 Å². The van der Waals surface area contributed by atoms with Crippen molar-refractivity contribution in [2.45, 2.75) is 26.3 Å². The van der Waals surface area contributed by atoms with Crippen LogP contribution < -0.4 is 0 Å². The van der Waals surface area contributed by atoms with Crippen LogP contribution in [0, 0.1) is 0 Å². The molecule has 0 bridgehead atoms. The summed E-state index contributed by atoms with van der Waals surface area (Å²) in [6, 6.07) is 5.58. The summed E-state index contributed by atoms with van der Waals surface area (Å²) >= 11 is 0. The molecule has 19 heavy (non-hydrogen) atoms. The molecule has 0 saturated carbocycles. The van der Waals surface area contributed by atoms with Crippen LogP contribution in [0.2, 0.25) is 0 Å². The zero-order valence-electron chi connectivity index (χ0n) is 11.4. The Morgan fingerprint density at radius 2 is 2.32 bits per heavy atom. The monoisotopic (exact) mass is 263 g/mol. The van der Waals surface area contributed by atoms with E-state index in [1.807, 2.05) is 19.1 Å². The van der Waals surface area contributed by atoms with Gasteiger partial charge in [-0.05, 0) is 37.0 Å². The molecule has 1 aliphatic heterocycles. The first-order chi connectivity index (χ1) is 9.22. The number of carboxylic acids is 1. The normalized spacial score (nSPS) is 15.2. The summed E-state index contributed by atoms with van der Waals surface area (Å²) in [6.45, 7) is 6.37. The molecule has 0 fully saturated rings. The smallest absolute Gasteiger partial charge is 0.335 e. The summed E-state index contributed by atoms with van der Waals surface area (Å²) in [7, 11) is 0. The average Bonchev–Trinajstić information content (AvgIpc) is 2.42. The maximum Gasteiger partial charge on any atom is 0.335 e. The van der Waals surface area contributed by atoms with E-state index < -0.39 is 5.97 Å². The van der Waals surface area contributed by atoms with Crippen molar-refractivity contribution in [1.82, 2.24) is 4.90 Å². The maximum absolute atomic E-state index is 11.2. The Morgan fingerprint density at radius 3 is 3.05 bits per heavy atom. The van der Waals surface area contributed by atoms with Gasteiger partial charge in [0.05, 0.1) is 5.56 Å². The van der Waals surface area contributed by atoms with Crippen LogP contribution in [-0.2, 0) is 17.7 Å². The maximum atomic E-state index is 11.2. The van der Waals surface area contributed by atoms with Crippen LogP contribution >= 0.6 is 0 Å². The third-order valence-corrected chi connectivity index (χ3v) is 3.54. The zero-order valence-corrected chi connectivity index (χ0v) is 11.4. The molecule has 4 heteroatoms. The Labute approximate surface area is 114 Å². The van der Waals surface area contributed by atoms with Crippen LogP contribution in [0.15, 0.2) is 18.2 Å². The molecule has 1 aromatic carbocycles. The van der Waals surface area contributed by atoms with E-state index in [0.717, 1.165) is 56.8 Å². The minimum absolute atomic E-state index is 0.464. The standard InChI is InChI=1S/C15H21NO3/c1-2-19-10-4-8-16-9-7-13-12(11-16)5-3-6-14(13)15(17)18/h3,5-6H,2,4,7-11H2,1H3,(H,17,18). The molecule has 0 aliphatic carbocycles. The molecule has 0 aromatic heterocycles. The van der Waals surface area contributed by atoms with Gasteiger partial charge in [-0.3, -0.25) is 4.90 Å². The molecule has 1 aromatic rings. The molecule has 4 nitrogen and oxygen atoms in total. The van der Waals surface area contributed by atoms with Gasteiger partial charge in [-0.15, -0.1) is 0 Å². The molecule has 1 N–H and O–H groups in total. The SMILES string of the molecule is CCOCCCN1CCc2c(cccc2C(=O)O)C1. The van der Waals surface area contributed by atoms with E-state index in [9.17, 15) is 9.90 Å². The van der Waals surface area contributed by atoms with Crippen LogP contribution in [0.5, 0.6) is 0 Å². The van der Waals surface area contributed by atoms with Gasteiger partial charge in [0.1, 0.15) is 0 Å². The molecular weight excluding hydrogens is 242 g/mol. The van der Waals surface area contributed by atoms with Crippen LogP contribution in [0.3, 0.4) is 0 Å². The van der Waals surface area contributed by atoms with Crippen molar-refractivity contribution in [2.75, 3.05) is 26.3 Å². The highest BCUT2D eigenvalue weighted by molar-refractivity contribution is 5.89. The summed E-state index contributed by atoms with van der Waals surface area (Å²) in [5, 5.41) is 9.18. The lowest BCUT2D eigenvalue weighted by Gasteiger charge is -2.29. The lowest BCUT2D eigenvalue weighted by atomic mass is 9.94. The number of nitrogens with zero attached hydrogens (tertiary/aromatic N) is 1. The minimum Gasteiger partial charge on any atom is -0.478 e. The third-order valence-electron chi connectivity index (χ3n) is 3.54. The number of hydrogen-bond donors (Lipinski definition) is 1. The molecule has 0 radical (unpaired) electrons. The van der Waals surface area contributed by atoms with Gasteiger partial charge in [-0.2, -0.15) is 0 Å². The summed E-state index contributed by atoms with van der Waals surface area (Å²) in [4.78, 5) is 13.5. The quantitative estimate of drug-likeness (QED) is 0.799. The van der Waals surface area contributed by atoms with Gasteiger partial charge in [0.25, 0.3) is 0 Å². The molecule has 2 rings (SSSR count). The van der Waals surface area contributed by atoms with Crippen LogP contribution in [-0.4, -0.2) is 42.3 Å². The van der Waals surface area contributed by atoms with Crippen LogP contribution in [0.1, 0.15) is 34.8 Å². The van der Waals surface area contributed by atoms with Crippen molar-refractivity contribution in [2.24, 2.45) is 0 Å². The number of benzene rings is 1. The van der Waals surface area contributed by atoms with E-state index in [1.54, 1.807) is 6.07 Å². The Kier molecular flexibility index (Phi) is 4.93. The van der Waals surface area contributed by atoms with Gasteiger partial charge in [-0.25, -0.2) is 4.79 Å². The fourth-order valence-corrected chi connectivity index (χ4v) is 2.59. The van der Waals surface area contributed by atoms with Gasteiger partial charge >= 0.3 is 5.97 Å². The molecule has 0 unspecified atom stereocenters. The fraction of sp³-hybridized carbons (Fsp3) is 0.533. The van der Waals surface area contributed by atoms with E-state index in [4.69, 9.17) is 4.74 Å². The van der Waals surface area contributed by atoms with Gasteiger partial charge in [-0.1, -0.05) is 12.1 Å². The first kappa shape index (κ1) is 14.0. The molecule has 0 saturated heterocycles. The van der Waals surface area contributed by atoms with Gasteiger partial charge in [0, 0.05) is 32.8 Å². The molecule has 1 heterocycles. The van der Waals surface area contributed by atoms with E-state index >= 15 is 0 Å². The van der Waals surface area contributed by atoms with Crippen molar-refractivity contribution in [1.29, 1.82) is 0 Å². The Morgan fingerprint density at radius 1 is 1.47 bits per heavy atom. The highest BCUT2D eigenvalue weighted by atomic mass is 16.5. The molecule has 0 atom stereocenters. The van der Waals surface area contributed by atoms with E-state index in [0.29, 0.717) is 5.56 Å². The topological polar surface area (TPSA) is 49.8 Å². The Bertz CT molecular complexity index is 445. The number of ether oxygens (including phenoxy) is 1. The number of carbonyl (C=O) groups is 1. The number of fused-ring (bicyclic) bond motifs is 1. The number of carboxylic acid groups (broad SMARTS) is 1. The van der Waals surface area contributed by atoms with Crippen molar-refractivity contribution < 1.29 is 14.6 Å². The second-order valence-electron chi connectivity index (χ2n) is 4.83. The van der Waals surface area contributed by atoms with Gasteiger partial charge < -0.3 is 9.84 Å². The second-order valence-corrected chi connectivity index (χ2v) is 4.83. The third kappa shape index (κ3) is 3.55. The molecular formula is C15H21NO3. The van der Waals surface area contributed by atoms with E-state index in [2.05, 4.69) is 4.90 Å². The summed E-state index contributed by atoms with van der Waals surface area (Å²) in [6.07, 6.45) is 1.86. The first-order valence-corrected chi connectivity index (χ1v) is 6.86. The summed E-state index contributed by atoms with van der Waals surface area (Å²) in [5.41, 5.74) is 2.63. The van der Waals surface area contributed by atoms with Crippen molar-refractivity contribution in [3.05, 3.63) is 34.9 Å². The predicted octanol–water partition coefficient (Wildman–Crippen LogP) is 2.17. The Hall–Kier alpha value is -1.39. The summed E-state index contributed by atoms with van der Waals surface area (Å²) in [5.74, 6) is -0.818. The zero-order chi connectivity index (χ0) is 13.7. The summed E-state index contributed by atoms with van der Waals surface area (Å²) < 4.78 is 5.34. The van der Waals surface area contributed by atoms with E-state index in [-0.39, 0.29) is 0 Å². The molecule has 0 spiro atoms. The molecule has 104 valence electrons. The predicted molar refractivity (Wildman–Crippen MR) is 73.5 cm³/mol. The largest absolute Gasteiger partial charge is 0.478 e. The number of aromatic carboxylic acids is 1. The van der Waals surface area contributed by atoms with Crippen LogP contribution in [0.4, 0.5) is 0 Å².